The summed E-state index contributed by atoms with van der Waals surface area (Å²) in [4.78, 5) is 39.9. The Morgan fingerprint density at radius 1 is 1.19 bits per heavy atom. The average Bonchev–Trinajstić information content (AvgIpc) is 2.65. The molecule has 0 radical (unpaired) electrons. The number of aromatic carboxylic acids is 1. The smallest absolute Gasteiger partial charge is 0.335 e. The lowest BCUT2D eigenvalue weighted by Gasteiger charge is -2.38. The van der Waals surface area contributed by atoms with Gasteiger partial charge in [-0.15, -0.1) is 0 Å². The van der Waals surface area contributed by atoms with Gasteiger partial charge in [0.2, 0.25) is 11.8 Å². The number of hydrogen-bond donors (Lipinski definition) is 2. The summed E-state index contributed by atoms with van der Waals surface area (Å²) in [6.07, 6.45) is 5.70. The first-order valence-corrected chi connectivity index (χ1v) is 9.61. The number of fused-ring (bicyclic) bond motifs is 1. The summed E-state index contributed by atoms with van der Waals surface area (Å²) in [7, 11) is 0. The molecule has 1 aliphatic carbocycles. The van der Waals surface area contributed by atoms with Crippen LogP contribution in [0.25, 0.3) is 0 Å². The van der Waals surface area contributed by atoms with Gasteiger partial charge in [0.1, 0.15) is 6.54 Å². The predicted octanol–water partition coefficient (Wildman–Crippen LogP) is 2.40. The molecule has 0 aromatic heterocycles. The number of carbonyl (C=O) groups excluding carboxylic acids is 2. The lowest BCUT2D eigenvalue weighted by atomic mass is 9.95. The zero-order valence-electron chi connectivity index (χ0n) is 15.9. The Morgan fingerprint density at radius 3 is 2.52 bits per heavy atom. The lowest BCUT2D eigenvalue weighted by Crippen LogP contribution is -2.52. The molecule has 7 heteroatoms. The number of benzene rings is 1. The molecule has 2 aliphatic rings. The van der Waals surface area contributed by atoms with Crippen LogP contribution in [0.4, 0.5) is 11.4 Å². The molecule has 27 heavy (non-hydrogen) atoms. The highest BCUT2D eigenvalue weighted by Crippen LogP contribution is 2.36. The molecule has 0 bridgehead atoms. The molecule has 0 spiro atoms. The largest absolute Gasteiger partial charge is 0.478 e. The molecule has 3 rings (SSSR count). The summed E-state index contributed by atoms with van der Waals surface area (Å²) in [5, 5.41) is 12.6. The Morgan fingerprint density at radius 2 is 1.89 bits per heavy atom. The van der Waals surface area contributed by atoms with Crippen LogP contribution in [-0.4, -0.2) is 48.1 Å². The molecular weight excluding hydrogens is 346 g/mol. The first-order valence-electron chi connectivity index (χ1n) is 9.61. The second kappa shape index (κ2) is 8.08. The number of rotatable bonds is 5. The molecular formula is C20H27N3O4. The molecule has 1 saturated carbocycles. The van der Waals surface area contributed by atoms with Gasteiger partial charge >= 0.3 is 5.97 Å². The number of anilines is 2. The molecule has 1 heterocycles. The van der Waals surface area contributed by atoms with E-state index in [4.69, 9.17) is 0 Å². The van der Waals surface area contributed by atoms with Crippen molar-refractivity contribution in [3.63, 3.8) is 0 Å². The molecule has 1 aromatic rings. The van der Waals surface area contributed by atoms with Crippen molar-refractivity contribution >= 4 is 29.2 Å². The number of carboxylic acids is 1. The van der Waals surface area contributed by atoms with Gasteiger partial charge in [-0.05, 0) is 44.9 Å². The summed E-state index contributed by atoms with van der Waals surface area (Å²) >= 11 is 0. The Labute approximate surface area is 159 Å². The van der Waals surface area contributed by atoms with E-state index in [1.165, 1.54) is 36.3 Å². The second-order valence-corrected chi connectivity index (χ2v) is 7.56. The zero-order chi connectivity index (χ0) is 19.6. The Kier molecular flexibility index (Phi) is 5.79. The number of nitrogens with one attached hydrogen (secondary N) is 1. The maximum Gasteiger partial charge on any atom is 0.335 e. The monoisotopic (exact) mass is 373 g/mol. The van der Waals surface area contributed by atoms with Crippen molar-refractivity contribution in [2.24, 2.45) is 0 Å². The van der Waals surface area contributed by atoms with E-state index < -0.39 is 5.97 Å². The highest BCUT2D eigenvalue weighted by atomic mass is 16.4. The van der Waals surface area contributed by atoms with Crippen LogP contribution in [0.5, 0.6) is 0 Å². The fraction of sp³-hybridized carbons (Fsp3) is 0.550. The highest BCUT2D eigenvalue weighted by molar-refractivity contribution is 6.12. The van der Waals surface area contributed by atoms with E-state index in [0.717, 1.165) is 12.8 Å². The van der Waals surface area contributed by atoms with Crippen LogP contribution in [-0.2, 0) is 9.59 Å². The third-order valence-corrected chi connectivity index (χ3v) is 5.30. The minimum atomic E-state index is -1.06. The fourth-order valence-corrected chi connectivity index (χ4v) is 3.93. The minimum absolute atomic E-state index is 0.0700. The zero-order valence-corrected chi connectivity index (χ0v) is 15.9. The highest BCUT2D eigenvalue weighted by Gasteiger charge is 2.34. The van der Waals surface area contributed by atoms with Crippen LogP contribution < -0.4 is 15.1 Å². The Hall–Kier alpha value is -2.41. The third kappa shape index (κ3) is 4.13. The van der Waals surface area contributed by atoms with Crippen LogP contribution in [0.15, 0.2) is 18.2 Å². The van der Waals surface area contributed by atoms with Gasteiger partial charge in [0.15, 0.2) is 0 Å². The van der Waals surface area contributed by atoms with Gasteiger partial charge in [0.05, 0.1) is 23.5 Å². The van der Waals surface area contributed by atoms with Crippen LogP contribution in [0.2, 0.25) is 0 Å². The number of nitrogens with zero attached hydrogens (tertiary/aromatic N) is 2. The van der Waals surface area contributed by atoms with E-state index >= 15 is 0 Å². The van der Waals surface area contributed by atoms with E-state index in [-0.39, 0.29) is 36.5 Å². The number of carbonyl (C=O) groups is 3. The predicted molar refractivity (Wildman–Crippen MR) is 103 cm³/mol. The minimum Gasteiger partial charge on any atom is -0.478 e. The molecule has 1 aliphatic heterocycles. The number of carboxylic acid groups (broad SMARTS) is 1. The van der Waals surface area contributed by atoms with Crippen LogP contribution in [0.3, 0.4) is 0 Å². The van der Waals surface area contributed by atoms with Crippen molar-refractivity contribution in [2.75, 3.05) is 22.9 Å². The van der Waals surface area contributed by atoms with Gasteiger partial charge in [-0.3, -0.25) is 14.5 Å². The summed E-state index contributed by atoms with van der Waals surface area (Å²) in [6.45, 7) is 3.87. The number of amides is 2. The molecule has 0 unspecified atom stereocenters. The topological polar surface area (TPSA) is 90.0 Å². The molecule has 7 nitrogen and oxygen atoms in total. The van der Waals surface area contributed by atoms with E-state index in [1.807, 2.05) is 13.8 Å². The molecule has 1 aromatic carbocycles. The van der Waals surface area contributed by atoms with Gasteiger partial charge in [-0.25, -0.2) is 4.79 Å². The molecule has 146 valence electrons. The fourth-order valence-electron chi connectivity index (χ4n) is 3.93. The first kappa shape index (κ1) is 19.4. The quantitative estimate of drug-likeness (QED) is 0.827. The second-order valence-electron chi connectivity index (χ2n) is 7.56. The Balaban J connectivity index is 1.85. The van der Waals surface area contributed by atoms with Crippen molar-refractivity contribution in [3.05, 3.63) is 23.8 Å². The molecule has 2 amide bonds. The van der Waals surface area contributed by atoms with Crippen molar-refractivity contribution in [3.8, 4) is 0 Å². The molecule has 0 saturated heterocycles. The summed E-state index contributed by atoms with van der Waals surface area (Å²) in [5.74, 6) is -1.42. The van der Waals surface area contributed by atoms with Crippen LogP contribution >= 0.6 is 0 Å². The SMILES string of the molecule is CC(C)N1C(=O)CN(C(=O)CNC2CCCCC2)c2cc(C(=O)O)ccc21. The summed E-state index contributed by atoms with van der Waals surface area (Å²) in [6, 6.07) is 4.82. The standard InChI is InChI=1S/C20H27N3O4/c1-13(2)23-16-9-8-14(20(26)27)10-17(16)22(12-19(23)25)18(24)11-21-15-6-4-3-5-7-15/h8-10,13,15,21H,3-7,11-12H2,1-2H3,(H,26,27). The van der Waals surface area contributed by atoms with Crippen LogP contribution in [0, 0.1) is 0 Å². The van der Waals surface area contributed by atoms with E-state index in [0.29, 0.717) is 17.4 Å². The van der Waals surface area contributed by atoms with Crippen molar-refractivity contribution in [1.82, 2.24) is 5.32 Å². The molecule has 2 N–H and O–H groups in total. The number of hydrogen-bond acceptors (Lipinski definition) is 4. The van der Waals surface area contributed by atoms with Gasteiger partial charge in [0, 0.05) is 12.1 Å². The lowest BCUT2D eigenvalue weighted by molar-refractivity contribution is -0.122. The van der Waals surface area contributed by atoms with Gasteiger partial charge in [-0.1, -0.05) is 19.3 Å². The van der Waals surface area contributed by atoms with E-state index in [1.54, 1.807) is 11.0 Å². The average molecular weight is 373 g/mol. The first-order chi connectivity index (χ1) is 12.9. The maximum absolute atomic E-state index is 12.9. The third-order valence-electron chi connectivity index (χ3n) is 5.30. The van der Waals surface area contributed by atoms with Gasteiger partial charge in [0.25, 0.3) is 0 Å². The van der Waals surface area contributed by atoms with Crippen molar-refractivity contribution < 1.29 is 19.5 Å². The van der Waals surface area contributed by atoms with Crippen LogP contribution in [0.1, 0.15) is 56.3 Å². The molecule has 1 fully saturated rings. The Bertz CT molecular complexity index is 741. The van der Waals surface area contributed by atoms with Crippen molar-refractivity contribution in [2.45, 2.75) is 58.0 Å². The molecule has 0 atom stereocenters. The van der Waals surface area contributed by atoms with E-state index in [9.17, 15) is 19.5 Å². The maximum atomic E-state index is 12.9. The van der Waals surface area contributed by atoms with Gasteiger partial charge < -0.3 is 15.3 Å². The van der Waals surface area contributed by atoms with Crippen molar-refractivity contribution in [1.29, 1.82) is 0 Å². The summed E-state index contributed by atoms with van der Waals surface area (Å²) < 4.78 is 0. The van der Waals surface area contributed by atoms with E-state index in [2.05, 4.69) is 5.32 Å². The normalized spacial score (nSPS) is 18.0. The van der Waals surface area contributed by atoms with Gasteiger partial charge in [-0.2, -0.15) is 0 Å². The summed E-state index contributed by atoms with van der Waals surface area (Å²) in [5.41, 5.74) is 1.17.